The highest BCUT2D eigenvalue weighted by Gasteiger charge is 2.09. The molecular weight excluding hydrogens is 234 g/mol. The maximum Gasteiger partial charge on any atom is 0.0992 e. The summed E-state index contributed by atoms with van der Waals surface area (Å²) < 4.78 is 0. The molecule has 0 amide bonds. The fraction of sp³-hybridized carbons (Fsp3) is 0.125. The molecule has 19 heavy (non-hydrogen) atoms. The monoisotopic (exact) mass is 247 g/mol. The van der Waals surface area contributed by atoms with E-state index in [1.165, 1.54) is 0 Å². The molecule has 2 aromatic carbocycles. The maximum absolute atomic E-state index is 8.97. The number of anilines is 2. The van der Waals surface area contributed by atoms with Crippen LogP contribution in [0.2, 0.25) is 0 Å². The van der Waals surface area contributed by atoms with Crippen LogP contribution >= 0.6 is 0 Å². The predicted octanol–water partition coefficient (Wildman–Crippen LogP) is 3.61. The van der Waals surface area contributed by atoms with Gasteiger partial charge in [-0.3, -0.25) is 0 Å². The quantitative estimate of drug-likeness (QED) is 0.829. The van der Waals surface area contributed by atoms with Gasteiger partial charge in [0.05, 0.1) is 24.1 Å². The van der Waals surface area contributed by atoms with Gasteiger partial charge in [0.2, 0.25) is 0 Å². The van der Waals surface area contributed by atoms with E-state index < -0.39 is 0 Å². The van der Waals surface area contributed by atoms with Crippen molar-refractivity contribution < 1.29 is 0 Å². The first-order valence-corrected chi connectivity index (χ1v) is 6.05. The Morgan fingerprint density at radius 2 is 1.63 bits per heavy atom. The average molecular weight is 247 g/mol. The normalized spacial score (nSPS) is 9.37. The van der Waals surface area contributed by atoms with Crippen LogP contribution < -0.4 is 4.90 Å². The molecule has 0 heterocycles. The third-order valence-electron chi connectivity index (χ3n) is 2.80. The molecule has 0 aliphatic carbocycles. The van der Waals surface area contributed by atoms with Crippen molar-refractivity contribution in [1.82, 2.24) is 0 Å². The molecule has 2 aromatic rings. The first-order chi connectivity index (χ1) is 9.35. The molecule has 0 N–H and O–H groups in total. The van der Waals surface area contributed by atoms with Crippen molar-refractivity contribution in [1.29, 1.82) is 10.5 Å². The molecule has 3 nitrogen and oxygen atoms in total. The van der Waals surface area contributed by atoms with E-state index in [4.69, 9.17) is 10.5 Å². The van der Waals surface area contributed by atoms with Gasteiger partial charge in [-0.25, -0.2) is 0 Å². The summed E-state index contributed by atoms with van der Waals surface area (Å²) in [5.74, 6) is 0. The molecule has 0 aromatic heterocycles. The lowest BCUT2D eigenvalue weighted by molar-refractivity contribution is 0.948. The number of nitrogens with zero attached hydrogens (tertiary/aromatic N) is 3. The number of nitriles is 2. The molecule has 0 unspecified atom stereocenters. The third-order valence-corrected chi connectivity index (χ3v) is 2.80. The lowest BCUT2D eigenvalue weighted by Gasteiger charge is -2.24. The fourth-order valence-electron chi connectivity index (χ4n) is 1.92. The minimum atomic E-state index is 0.436. The van der Waals surface area contributed by atoms with E-state index >= 15 is 0 Å². The maximum atomic E-state index is 8.97. The van der Waals surface area contributed by atoms with E-state index in [2.05, 4.69) is 12.1 Å². The van der Waals surface area contributed by atoms with Crippen LogP contribution in [0.15, 0.2) is 54.6 Å². The molecule has 0 aliphatic heterocycles. The highest BCUT2D eigenvalue weighted by molar-refractivity contribution is 5.64. The van der Waals surface area contributed by atoms with E-state index in [9.17, 15) is 0 Å². The van der Waals surface area contributed by atoms with Crippen molar-refractivity contribution >= 4 is 11.4 Å². The Balaban J connectivity index is 2.38. The average Bonchev–Trinajstić information content (AvgIpc) is 2.49. The molecule has 3 heteroatoms. The molecule has 0 aliphatic rings. The fourth-order valence-corrected chi connectivity index (χ4v) is 1.92. The predicted molar refractivity (Wildman–Crippen MR) is 74.8 cm³/mol. The van der Waals surface area contributed by atoms with Gasteiger partial charge < -0.3 is 4.90 Å². The molecule has 2 rings (SSSR count). The van der Waals surface area contributed by atoms with Crippen molar-refractivity contribution in [2.24, 2.45) is 0 Å². The van der Waals surface area contributed by atoms with Crippen molar-refractivity contribution in [2.75, 3.05) is 11.4 Å². The lowest BCUT2D eigenvalue weighted by atomic mass is 10.1. The molecule has 0 fully saturated rings. The highest BCUT2D eigenvalue weighted by atomic mass is 15.1. The molecule has 0 saturated heterocycles. The van der Waals surface area contributed by atoms with Crippen LogP contribution in [0.1, 0.15) is 12.0 Å². The molecule has 0 bridgehead atoms. The van der Waals surface area contributed by atoms with Gasteiger partial charge in [0.1, 0.15) is 0 Å². The van der Waals surface area contributed by atoms with E-state index in [1.807, 2.05) is 53.4 Å². The number of para-hydroxylation sites is 1. The Labute approximate surface area is 112 Å². The van der Waals surface area contributed by atoms with Gasteiger partial charge in [-0.15, -0.1) is 0 Å². The van der Waals surface area contributed by atoms with Crippen molar-refractivity contribution in [3.05, 3.63) is 60.2 Å². The number of benzene rings is 2. The standard InChI is InChI=1S/C16H13N3/c17-10-5-11-19(15-7-2-1-3-8-15)16-9-4-6-14(12-16)13-18/h1-4,6-9,12H,5,11H2. The zero-order valence-corrected chi connectivity index (χ0v) is 10.5. The first-order valence-electron chi connectivity index (χ1n) is 6.05. The second-order valence-corrected chi connectivity index (χ2v) is 4.06. The second-order valence-electron chi connectivity index (χ2n) is 4.06. The van der Waals surface area contributed by atoms with Crippen molar-refractivity contribution in [2.45, 2.75) is 6.42 Å². The molecule has 0 saturated carbocycles. The minimum absolute atomic E-state index is 0.436. The summed E-state index contributed by atoms with van der Waals surface area (Å²) in [5.41, 5.74) is 2.57. The van der Waals surface area contributed by atoms with Crippen LogP contribution in [0, 0.1) is 22.7 Å². The summed E-state index contributed by atoms with van der Waals surface area (Å²) in [7, 11) is 0. The second kappa shape index (κ2) is 6.23. The number of hydrogen-bond donors (Lipinski definition) is 0. The van der Waals surface area contributed by atoms with Crippen LogP contribution in [0.5, 0.6) is 0 Å². The molecular formula is C16H13N3. The van der Waals surface area contributed by atoms with Crippen LogP contribution in [-0.2, 0) is 0 Å². The molecule has 92 valence electrons. The van der Waals surface area contributed by atoms with Crippen LogP contribution in [0.25, 0.3) is 0 Å². The summed E-state index contributed by atoms with van der Waals surface area (Å²) in [6.07, 6.45) is 0.436. The molecule has 0 atom stereocenters. The molecule has 0 radical (unpaired) electrons. The van der Waals surface area contributed by atoms with Crippen molar-refractivity contribution in [3.63, 3.8) is 0 Å². The van der Waals surface area contributed by atoms with E-state index in [1.54, 1.807) is 6.07 Å². The molecule has 0 spiro atoms. The summed E-state index contributed by atoms with van der Waals surface area (Å²) in [6, 6.07) is 21.6. The van der Waals surface area contributed by atoms with Crippen molar-refractivity contribution in [3.8, 4) is 12.1 Å². The zero-order valence-electron chi connectivity index (χ0n) is 10.5. The topological polar surface area (TPSA) is 50.8 Å². The van der Waals surface area contributed by atoms with Gasteiger partial charge in [0, 0.05) is 17.9 Å². The van der Waals surface area contributed by atoms with E-state index in [0.29, 0.717) is 18.5 Å². The minimum Gasteiger partial charge on any atom is -0.340 e. The van der Waals surface area contributed by atoms with Gasteiger partial charge in [-0.05, 0) is 30.3 Å². The number of hydrogen-bond acceptors (Lipinski definition) is 3. The van der Waals surface area contributed by atoms with Gasteiger partial charge >= 0.3 is 0 Å². The Bertz CT molecular complexity index is 620. The first kappa shape index (κ1) is 12.7. The number of rotatable bonds is 4. The van der Waals surface area contributed by atoms with Crippen LogP contribution in [0.3, 0.4) is 0 Å². The summed E-state index contributed by atoms with van der Waals surface area (Å²) in [4.78, 5) is 2.05. The summed E-state index contributed by atoms with van der Waals surface area (Å²) in [6.45, 7) is 0.607. The van der Waals surface area contributed by atoms with Gasteiger partial charge in [0.25, 0.3) is 0 Å². The summed E-state index contributed by atoms with van der Waals surface area (Å²) in [5, 5.41) is 17.8. The Hall–Kier alpha value is -2.78. The third kappa shape index (κ3) is 3.12. The van der Waals surface area contributed by atoms with Crippen LogP contribution in [-0.4, -0.2) is 6.54 Å². The Morgan fingerprint density at radius 1 is 0.895 bits per heavy atom. The largest absolute Gasteiger partial charge is 0.340 e. The summed E-state index contributed by atoms with van der Waals surface area (Å²) >= 11 is 0. The SMILES string of the molecule is N#CCCN(c1ccccc1)c1cccc(C#N)c1. The van der Waals surface area contributed by atoms with E-state index in [0.717, 1.165) is 11.4 Å². The van der Waals surface area contributed by atoms with Gasteiger partial charge in [-0.2, -0.15) is 10.5 Å². The zero-order chi connectivity index (χ0) is 13.5. The highest BCUT2D eigenvalue weighted by Crippen LogP contribution is 2.25. The lowest BCUT2D eigenvalue weighted by Crippen LogP contribution is -2.18. The Morgan fingerprint density at radius 3 is 2.32 bits per heavy atom. The van der Waals surface area contributed by atoms with E-state index in [-0.39, 0.29) is 0 Å². The smallest absolute Gasteiger partial charge is 0.0992 e. The van der Waals surface area contributed by atoms with Crippen LogP contribution in [0.4, 0.5) is 11.4 Å². The van der Waals surface area contributed by atoms with Gasteiger partial charge in [0.15, 0.2) is 0 Å². The Kier molecular flexibility index (Phi) is 4.16. The van der Waals surface area contributed by atoms with Gasteiger partial charge in [-0.1, -0.05) is 24.3 Å².